The number of hydrogen-bond donors (Lipinski definition) is 2. The highest BCUT2D eigenvalue weighted by Gasteiger charge is 2.33. The molecule has 3 heterocycles. The second-order valence-corrected chi connectivity index (χ2v) is 10.7. The molecule has 1 aliphatic rings. The van der Waals surface area contributed by atoms with Gasteiger partial charge >= 0.3 is 0 Å². The molecule has 1 saturated heterocycles. The minimum Gasteiger partial charge on any atom is -0.419 e. The third-order valence-corrected chi connectivity index (χ3v) is 7.74. The minimum atomic E-state index is -0.904. The number of amides is 2. The molecule has 10 heteroatoms. The van der Waals surface area contributed by atoms with E-state index in [0.717, 1.165) is 29.1 Å². The Hall–Kier alpha value is -3.89. The van der Waals surface area contributed by atoms with Crippen LogP contribution in [0.15, 0.2) is 58.3 Å². The number of rotatable bonds is 7. The Morgan fingerprint density at radius 3 is 2.66 bits per heavy atom. The molecule has 38 heavy (non-hydrogen) atoms. The second-order valence-electron chi connectivity index (χ2n) is 9.85. The standard InChI is InChI=1S/C28H30N6O3S/c1-17-16-38-25(31-17)22-10-7-11-34(22)26(36)21-13-19(23(35)30-3)12-20(14-21)24-32-33-27(37-24)28(2,29)15-18-8-5-4-6-9-18/h4-6,8-9,12-14,16,22H,7,10-11,15,29H2,1-3H3,(H,30,35)/t22-,28+/m1/s1. The van der Waals surface area contributed by atoms with Crippen molar-refractivity contribution in [2.45, 2.75) is 44.7 Å². The monoisotopic (exact) mass is 530 g/mol. The molecule has 0 radical (unpaired) electrons. The molecule has 5 rings (SSSR count). The van der Waals surface area contributed by atoms with Gasteiger partial charge in [0.25, 0.3) is 11.8 Å². The van der Waals surface area contributed by atoms with Crippen LogP contribution in [-0.2, 0) is 12.0 Å². The topological polar surface area (TPSA) is 127 Å². The van der Waals surface area contributed by atoms with Gasteiger partial charge in [0.15, 0.2) is 0 Å². The number of aryl methyl sites for hydroxylation is 1. The van der Waals surface area contributed by atoms with E-state index in [2.05, 4.69) is 20.5 Å². The number of aromatic nitrogens is 3. The number of benzene rings is 2. The Morgan fingerprint density at radius 2 is 1.95 bits per heavy atom. The largest absolute Gasteiger partial charge is 0.419 e. The number of carbonyl (C=O) groups excluding carboxylic acids is 2. The summed E-state index contributed by atoms with van der Waals surface area (Å²) in [6, 6.07) is 14.7. The molecular weight excluding hydrogens is 500 g/mol. The van der Waals surface area contributed by atoms with Gasteiger partial charge in [-0.25, -0.2) is 4.98 Å². The van der Waals surface area contributed by atoms with Crippen LogP contribution in [0.1, 0.15) is 68.7 Å². The predicted molar refractivity (Wildman–Crippen MR) is 145 cm³/mol. The van der Waals surface area contributed by atoms with E-state index in [4.69, 9.17) is 10.2 Å². The van der Waals surface area contributed by atoms with Gasteiger partial charge in [-0.05, 0) is 56.9 Å². The number of nitrogens with two attached hydrogens (primary N) is 1. The van der Waals surface area contributed by atoms with Crippen LogP contribution >= 0.6 is 11.3 Å². The van der Waals surface area contributed by atoms with Crippen molar-refractivity contribution in [3.63, 3.8) is 0 Å². The summed E-state index contributed by atoms with van der Waals surface area (Å²) in [4.78, 5) is 32.8. The van der Waals surface area contributed by atoms with Crippen molar-refractivity contribution in [3.05, 3.63) is 87.2 Å². The van der Waals surface area contributed by atoms with Gasteiger partial charge in [-0.15, -0.1) is 21.5 Å². The van der Waals surface area contributed by atoms with Crippen molar-refractivity contribution >= 4 is 23.2 Å². The summed E-state index contributed by atoms with van der Waals surface area (Å²) in [5.41, 5.74) is 8.83. The zero-order valence-electron chi connectivity index (χ0n) is 21.6. The fraction of sp³-hybridized carbons (Fsp3) is 0.321. The van der Waals surface area contributed by atoms with Gasteiger partial charge in [0, 0.05) is 41.4 Å². The van der Waals surface area contributed by atoms with Gasteiger partial charge in [0.1, 0.15) is 5.01 Å². The van der Waals surface area contributed by atoms with E-state index < -0.39 is 5.54 Å². The lowest BCUT2D eigenvalue weighted by Crippen LogP contribution is -2.35. The summed E-state index contributed by atoms with van der Waals surface area (Å²) in [5.74, 6) is -0.0203. The van der Waals surface area contributed by atoms with Crippen LogP contribution in [0.25, 0.3) is 11.5 Å². The zero-order chi connectivity index (χ0) is 26.9. The van der Waals surface area contributed by atoms with Crippen molar-refractivity contribution in [3.8, 4) is 11.5 Å². The van der Waals surface area contributed by atoms with Crippen molar-refractivity contribution in [1.82, 2.24) is 25.4 Å². The maximum absolute atomic E-state index is 13.7. The van der Waals surface area contributed by atoms with Crippen LogP contribution in [0.3, 0.4) is 0 Å². The summed E-state index contributed by atoms with van der Waals surface area (Å²) in [5, 5.41) is 14.0. The molecule has 0 aliphatic carbocycles. The van der Waals surface area contributed by atoms with Crippen LogP contribution < -0.4 is 11.1 Å². The molecule has 2 atom stereocenters. The third kappa shape index (κ3) is 5.23. The van der Waals surface area contributed by atoms with Gasteiger partial charge in [-0.2, -0.15) is 0 Å². The Balaban J connectivity index is 1.47. The van der Waals surface area contributed by atoms with E-state index in [0.29, 0.717) is 29.7 Å². The van der Waals surface area contributed by atoms with Gasteiger partial charge in [-0.1, -0.05) is 30.3 Å². The quantitative estimate of drug-likeness (QED) is 0.366. The molecule has 3 N–H and O–H groups in total. The van der Waals surface area contributed by atoms with Gasteiger partial charge in [0.05, 0.1) is 11.6 Å². The van der Waals surface area contributed by atoms with E-state index in [1.807, 2.05) is 54.5 Å². The second kappa shape index (κ2) is 10.5. The van der Waals surface area contributed by atoms with Crippen molar-refractivity contribution in [2.75, 3.05) is 13.6 Å². The first kappa shape index (κ1) is 25.7. The Bertz CT molecular complexity index is 1460. The average molecular weight is 531 g/mol. The van der Waals surface area contributed by atoms with E-state index in [1.165, 1.54) is 0 Å². The molecule has 1 aliphatic heterocycles. The third-order valence-electron chi connectivity index (χ3n) is 6.68. The van der Waals surface area contributed by atoms with Crippen molar-refractivity contribution < 1.29 is 14.0 Å². The van der Waals surface area contributed by atoms with E-state index >= 15 is 0 Å². The van der Waals surface area contributed by atoms with Crippen LogP contribution in [0, 0.1) is 6.92 Å². The number of hydrogen-bond acceptors (Lipinski definition) is 8. The predicted octanol–water partition coefficient (Wildman–Crippen LogP) is 4.26. The summed E-state index contributed by atoms with van der Waals surface area (Å²) in [6.07, 6.45) is 2.24. The number of nitrogens with zero attached hydrogens (tertiary/aromatic N) is 4. The highest BCUT2D eigenvalue weighted by Crippen LogP contribution is 2.35. The summed E-state index contributed by atoms with van der Waals surface area (Å²) in [6.45, 7) is 4.41. The summed E-state index contributed by atoms with van der Waals surface area (Å²) in [7, 11) is 1.55. The maximum atomic E-state index is 13.7. The Labute approximate surface area is 225 Å². The van der Waals surface area contributed by atoms with Crippen molar-refractivity contribution in [2.24, 2.45) is 5.73 Å². The Kier molecular flexibility index (Phi) is 7.09. The number of thiazole rings is 1. The molecule has 4 aromatic rings. The fourth-order valence-corrected chi connectivity index (χ4v) is 5.72. The maximum Gasteiger partial charge on any atom is 0.254 e. The van der Waals surface area contributed by atoms with E-state index in [-0.39, 0.29) is 29.6 Å². The molecule has 1 fully saturated rings. The summed E-state index contributed by atoms with van der Waals surface area (Å²) < 4.78 is 6.02. The Morgan fingerprint density at radius 1 is 1.18 bits per heavy atom. The van der Waals surface area contributed by atoms with E-state index in [9.17, 15) is 9.59 Å². The highest BCUT2D eigenvalue weighted by atomic mass is 32.1. The molecule has 2 amide bonds. The first-order valence-corrected chi connectivity index (χ1v) is 13.4. The molecule has 0 saturated carbocycles. The van der Waals surface area contributed by atoms with Crippen LogP contribution in [0.2, 0.25) is 0 Å². The molecule has 9 nitrogen and oxygen atoms in total. The van der Waals surface area contributed by atoms with Gasteiger partial charge in [-0.3, -0.25) is 9.59 Å². The number of likely N-dealkylation sites (tertiary alicyclic amines) is 1. The normalized spacial score (nSPS) is 16.8. The van der Waals surface area contributed by atoms with Crippen LogP contribution in [0.5, 0.6) is 0 Å². The van der Waals surface area contributed by atoms with Crippen LogP contribution in [0.4, 0.5) is 0 Å². The lowest BCUT2D eigenvalue weighted by molar-refractivity contribution is 0.0735. The van der Waals surface area contributed by atoms with Gasteiger partial charge in [0.2, 0.25) is 11.8 Å². The first-order valence-electron chi connectivity index (χ1n) is 12.5. The van der Waals surface area contributed by atoms with Crippen LogP contribution in [-0.4, -0.2) is 45.5 Å². The fourth-order valence-electron chi connectivity index (χ4n) is 4.77. The minimum absolute atomic E-state index is 0.0840. The smallest absolute Gasteiger partial charge is 0.254 e. The number of nitrogens with one attached hydrogen (secondary N) is 1. The molecule has 2 aromatic carbocycles. The molecular formula is C28H30N6O3S. The summed E-state index contributed by atoms with van der Waals surface area (Å²) >= 11 is 1.57. The highest BCUT2D eigenvalue weighted by molar-refractivity contribution is 7.09. The number of carbonyl (C=O) groups is 2. The lowest BCUT2D eigenvalue weighted by atomic mass is 9.94. The van der Waals surface area contributed by atoms with E-state index in [1.54, 1.807) is 36.6 Å². The molecule has 0 unspecified atom stereocenters. The molecule has 0 bridgehead atoms. The molecule has 196 valence electrons. The first-order chi connectivity index (χ1) is 18.2. The SMILES string of the molecule is CNC(=O)c1cc(C(=O)N2CCC[C@@H]2c2nc(C)cs2)cc(-c2nnc([C@@](C)(N)Cc3ccccc3)o2)c1. The van der Waals surface area contributed by atoms with Crippen molar-refractivity contribution in [1.29, 1.82) is 0 Å². The zero-order valence-corrected chi connectivity index (χ0v) is 22.4. The van der Waals surface area contributed by atoms with Gasteiger partial charge < -0.3 is 20.4 Å². The molecule has 0 spiro atoms. The average Bonchev–Trinajstić information content (AvgIpc) is 3.68. The molecule has 2 aromatic heterocycles. The lowest BCUT2D eigenvalue weighted by Gasteiger charge is -2.23.